The second-order valence-corrected chi connectivity index (χ2v) is 6.89. The van der Waals surface area contributed by atoms with Gasteiger partial charge in [0.05, 0.1) is 6.54 Å². The third-order valence-corrected chi connectivity index (χ3v) is 4.67. The molecule has 23 heavy (non-hydrogen) atoms. The maximum Gasteiger partial charge on any atom is 0.243 e. The molecule has 1 heterocycles. The number of nitrogens with zero attached hydrogens (tertiary/aromatic N) is 1. The fourth-order valence-corrected chi connectivity index (χ4v) is 3.14. The van der Waals surface area contributed by atoms with Crippen LogP contribution in [0.25, 0.3) is 0 Å². The molecule has 118 valence electrons. The molecular formula is C18H17IN2O2. The summed E-state index contributed by atoms with van der Waals surface area (Å²) in [4.78, 5) is 25.9. The fraction of sp³-hybridized carbons (Fsp3) is 0.222. The van der Waals surface area contributed by atoms with E-state index in [-0.39, 0.29) is 24.3 Å². The van der Waals surface area contributed by atoms with Crippen molar-refractivity contribution >= 4 is 40.1 Å². The zero-order valence-electron chi connectivity index (χ0n) is 12.5. The molecule has 3 rings (SSSR count). The van der Waals surface area contributed by atoms with Crippen molar-refractivity contribution in [1.82, 2.24) is 4.90 Å². The number of amides is 2. The first-order valence-corrected chi connectivity index (χ1v) is 8.58. The molecule has 1 saturated heterocycles. The van der Waals surface area contributed by atoms with Crippen molar-refractivity contribution < 1.29 is 9.59 Å². The van der Waals surface area contributed by atoms with Gasteiger partial charge in [0.2, 0.25) is 11.8 Å². The van der Waals surface area contributed by atoms with Crippen molar-refractivity contribution in [1.29, 1.82) is 0 Å². The number of hydrogen-bond donors (Lipinski definition) is 1. The lowest BCUT2D eigenvalue weighted by molar-refractivity contribution is -0.131. The Morgan fingerprint density at radius 2 is 1.83 bits per heavy atom. The predicted molar refractivity (Wildman–Crippen MR) is 98.2 cm³/mol. The minimum Gasteiger partial charge on any atom is -0.333 e. The molecule has 0 radical (unpaired) electrons. The summed E-state index contributed by atoms with van der Waals surface area (Å²) in [6.45, 7) is 0.705. The van der Waals surface area contributed by atoms with Crippen LogP contribution < -0.4 is 5.32 Å². The van der Waals surface area contributed by atoms with Crippen LogP contribution in [0.5, 0.6) is 0 Å². The number of anilines is 1. The molecule has 0 aromatic heterocycles. The average Bonchev–Trinajstić information content (AvgIpc) is 2.91. The Bertz CT molecular complexity index is 701. The molecule has 1 aliphatic heterocycles. The lowest BCUT2D eigenvalue weighted by atomic mass is 9.99. The zero-order chi connectivity index (χ0) is 16.2. The second kappa shape index (κ2) is 7.12. The predicted octanol–water partition coefficient (Wildman–Crippen LogP) is 3.25. The lowest BCUT2D eigenvalue weighted by Gasteiger charge is -2.16. The van der Waals surface area contributed by atoms with Gasteiger partial charge in [-0.25, -0.2) is 0 Å². The molecule has 0 saturated carbocycles. The smallest absolute Gasteiger partial charge is 0.243 e. The number of carbonyl (C=O) groups is 2. The van der Waals surface area contributed by atoms with E-state index in [1.54, 1.807) is 4.90 Å². The van der Waals surface area contributed by atoms with E-state index >= 15 is 0 Å². The number of hydrogen-bond acceptors (Lipinski definition) is 2. The summed E-state index contributed by atoms with van der Waals surface area (Å²) >= 11 is 2.22. The topological polar surface area (TPSA) is 49.4 Å². The van der Waals surface area contributed by atoms with E-state index in [4.69, 9.17) is 0 Å². The molecule has 2 aromatic carbocycles. The maximum atomic E-state index is 12.1. The van der Waals surface area contributed by atoms with Gasteiger partial charge in [0.25, 0.3) is 0 Å². The Hall–Kier alpha value is -1.89. The molecule has 0 unspecified atom stereocenters. The van der Waals surface area contributed by atoms with E-state index in [1.165, 1.54) is 0 Å². The number of halogens is 1. The first kappa shape index (κ1) is 16.0. The maximum absolute atomic E-state index is 12.1. The van der Waals surface area contributed by atoms with Crippen molar-refractivity contribution in [2.75, 3.05) is 18.4 Å². The molecule has 0 aliphatic carbocycles. The van der Waals surface area contributed by atoms with Crippen LogP contribution >= 0.6 is 22.6 Å². The molecule has 1 fully saturated rings. The van der Waals surface area contributed by atoms with Crippen molar-refractivity contribution in [3.05, 3.63) is 63.7 Å². The molecule has 1 atom stereocenters. The van der Waals surface area contributed by atoms with Gasteiger partial charge in [-0.2, -0.15) is 0 Å². The van der Waals surface area contributed by atoms with Gasteiger partial charge in [0.15, 0.2) is 0 Å². The third-order valence-electron chi connectivity index (χ3n) is 3.95. The molecule has 1 aliphatic rings. The highest BCUT2D eigenvalue weighted by Gasteiger charge is 2.31. The van der Waals surface area contributed by atoms with Crippen molar-refractivity contribution in [2.45, 2.75) is 12.3 Å². The lowest BCUT2D eigenvalue weighted by Crippen LogP contribution is -2.34. The number of likely N-dealkylation sites (tertiary alicyclic amines) is 1. The minimum absolute atomic E-state index is 0.0385. The van der Waals surface area contributed by atoms with Crippen LogP contribution in [0.4, 0.5) is 5.69 Å². The van der Waals surface area contributed by atoms with E-state index in [2.05, 4.69) is 27.9 Å². The molecule has 1 N–H and O–H groups in total. The van der Waals surface area contributed by atoms with Gasteiger partial charge < -0.3 is 10.2 Å². The largest absolute Gasteiger partial charge is 0.333 e. The minimum atomic E-state index is -0.159. The highest BCUT2D eigenvalue weighted by Crippen LogP contribution is 2.27. The van der Waals surface area contributed by atoms with Gasteiger partial charge in [-0.1, -0.05) is 30.3 Å². The van der Waals surface area contributed by atoms with E-state index in [1.807, 2.05) is 54.6 Å². The van der Waals surface area contributed by atoms with E-state index in [9.17, 15) is 9.59 Å². The molecule has 0 bridgehead atoms. The molecule has 4 nitrogen and oxygen atoms in total. The number of rotatable bonds is 4. The van der Waals surface area contributed by atoms with Crippen LogP contribution in [0.3, 0.4) is 0 Å². The van der Waals surface area contributed by atoms with Crippen LogP contribution in [-0.4, -0.2) is 29.8 Å². The fourth-order valence-electron chi connectivity index (χ4n) is 2.78. The van der Waals surface area contributed by atoms with Crippen LogP contribution in [0.1, 0.15) is 17.9 Å². The van der Waals surface area contributed by atoms with E-state index in [0.717, 1.165) is 14.8 Å². The summed E-state index contributed by atoms with van der Waals surface area (Å²) < 4.78 is 1.11. The average molecular weight is 420 g/mol. The zero-order valence-corrected chi connectivity index (χ0v) is 14.7. The van der Waals surface area contributed by atoms with Crippen LogP contribution in [-0.2, 0) is 9.59 Å². The summed E-state index contributed by atoms with van der Waals surface area (Å²) in [6.07, 6.45) is 0.473. The van der Waals surface area contributed by atoms with Crippen molar-refractivity contribution in [2.24, 2.45) is 0 Å². The highest BCUT2D eigenvalue weighted by molar-refractivity contribution is 14.1. The van der Waals surface area contributed by atoms with Gasteiger partial charge in [0, 0.05) is 28.1 Å². The first-order valence-electron chi connectivity index (χ1n) is 7.50. The van der Waals surface area contributed by atoms with Gasteiger partial charge in [-0.05, 0) is 52.4 Å². The van der Waals surface area contributed by atoms with Gasteiger partial charge in [0.1, 0.15) is 0 Å². The molecule has 0 spiro atoms. The number of carbonyl (C=O) groups excluding carboxylic acids is 2. The standard InChI is InChI=1S/C18H17IN2O2/c19-15-6-8-16(9-7-15)20-17(22)12-21-11-14(10-18(21)23)13-4-2-1-3-5-13/h1-9,14H,10-12H2,(H,20,22)/t14-/m1/s1. The Morgan fingerprint density at radius 3 is 2.52 bits per heavy atom. The van der Waals surface area contributed by atoms with Gasteiger partial charge in [-0.15, -0.1) is 0 Å². The van der Waals surface area contributed by atoms with Crippen LogP contribution in [0.2, 0.25) is 0 Å². The Balaban J connectivity index is 1.58. The van der Waals surface area contributed by atoms with Crippen LogP contribution in [0.15, 0.2) is 54.6 Å². The summed E-state index contributed by atoms with van der Waals surface area (Å²) in [6, 6.07) is 17.6. The molecule has 2 amide bonds. The Labute approximate surface area is 149 Å². The third kappa shape index (κ3) is 4.10. The summed E-state index contributed by atoms with van der Waals surface area (Å²) in [5.74, 6) is 0.0553. The van der Waals surface area contributed by atoms with Crippen LogP contribution in [0, 0.1) is 3.57 Å². The number of nitrogens with one attached hydrogen (secondary N) is 1. The Kier molecular flexibility index (Phi) is 4.95. The van der Waals surface area contributed by atoms with E-state index in [0.29, 0.717) is 13.0 Å². The quantitative estimate of drug-likeness (QED) is 0.773. The Morgan fingerprint density at radius 1 is 1.13 bits per heavy atom. The van der Waals surface area contributed by atoms with Gasteiger partial charge >= 0.3 is 0 Å². The summed E-state index contributed by atoms with van der Waals surface area (Å²) in [5.41, 5.74) is 1.91. The second-order valence-electron chi connectivity index (χ2n) is 5.64. The van der Waals surface area contributed by atoms with E-state index < -0.39 is 0 Å². The summed E-state index contributed by atoms with van der Waals surface area (Å²) in [7, 11) is 0. The van der Waals surface area contributed by atoms with Crippen molar-refractivity contribution in [3.8, 4) is 0 Å². The SMILES string of the molecule is O=C(CN1C[C@H](c2ccccc2)CC1=O)Nc1ccc(I)cc1. The monoisotopic (exact) mass is 420 g/mol. The van der Waals surface area contributed by atoms with Crippen molar-refractivity contribution in [3.63, 3.8) is 0 Å². The molecule has 5 heteroatoms. The molecular weight excluding hydrogens is 403 g/mol. The normalized spacial score (nSPS) is 17.3. The molecule has 2 aromatic rings. The first-order chi connectivity index (χ1) is 11.1. The highest BCUT2D eigenvalue weighted by atomic mass is 127. The summed E-state index contributed by atoms with van der Waals surface area (Å²) in [5, 5.41) is 2.84. The van der Waals surface area contributed by atoms with Gasteiger partial charge in [-0.3, -0.25) is 9.59 Å². The number of benzene rings is 2.